The monoisotopic (exact) mass is 475 g/mol. The number of rotatable bonds is 5. The maximum Gasteiger partial charge on any atom is 0.136 e. The number of hydrogen-bond acceptors (Lipinski definition) is 5. The number of nitrogens with one attached hydrogen (secondary N) is 1. The fourth-order valence-electron chi connectivity index (χ4n) is 5.07. The van der Waals surface area contributed by atoms with Gasteiger partial charge in [0.05, 0.1) is 17.6 Å². The Morgan fingerprint density at radius 3 is 2.67 bits per heavy atom. The van der Waals surface area contributed by atoms with E-state index in [-0.39, 0.29) is 0 Å². The average molecular weight is 476 g/mol. The predicted molar refractivity (Wildman–Crippen MR) is 143 cm³/mol. The minimum atomic E-state index is 0.613. The van der Waals surface area contributed by atoms with Gasteiger partial charge in [0.15, 0.2) is 0 Å². The summed E-state index contributed by atoms with van der Waals surface area (Å²) >= 11 is 0. The van der Waals surface area contributed by atoms with Crippen molar-refractivity contribution in [3.63, 3.8) is 0 Å². The van der Waals surface area contributed by atoms with E-state index in [1.807, 2.05) is 6.92 Å². The molecule has 0 atom stereocenters. The van der Waals surface area contributed by atoms with Crippen LogP contribution in [0.5, 0.6) is 5.75 Å². The minimum Gasteiger partial charge on any atom is -0.491 e. The van der Waals surface area contributed by atoms with Crippen molar-refractivity contribution in [3.05, 3.63) is 101 Å². The topological polar surface area (TPSA) is 66.9 Å². The summed E-state index contributed by atoms with van der Waals surface area (Å²) in [5.41, 5.74) is 9.09. The summed E-state index contributed by atoms with van der Waals surface area (Å²) in [6, 6.07) is 23.4. The van der Waals surface area contributed by atoms with Gasteiger partial charge in [0.1, 0.15) is 30.3 Å². The Hall–Kier alpha value is -4.19. The van der Waals surface area contributed by atoms with Gasteiger partial charge in [0.2, 0.25) is 0 Å². The minimum absolute atomic E-state index is 0.613. The molecule has 0 saturated heterocycles. The third-order valence-electron chi connectivity index (χ3n) is 6.84. The van der Waals surface area contributed by atoms with E-state index in [1.165, 1.54) is 11.1 Å². The highest BCUT2D eigenvalue weighted by Crippen LogP contribution is 2.33. The molecule has 1 aliphatic heterocycles. The van der Waals surface area contributed by atoms with Crippen LogP contribution >= 0.6 is 0 Å². The van der Waals surface area contributed by atoms with Gasteiger partial charge in [-0.25, -0.2) is 15.0 Å². The molecule has 1 aliphatic rings. The van der Waals surface area contributed by atoms with Crippen molar-refractivity contribution in [2.45, 2.75) is 33.2 Å². The van der Waals surface area contributed by atoms with Gasteiger partial charge < -0.3 is 14.6 Å². The van der Waals surface area contributed by atoms with Gasteiger partial charge >= 0.3 is 0 Å². The van der Waals surface area contributed by atoms with Crippen molar-refractivity contribution in [3.8, 4) is 16.9 Å². The molecule has 0 spiro atoms. The van der Waals surface area contributed by atoms with Crippen molar-refractivity contribution < 1.29 is 4.74 Å². The van der Waals surface area contributed by atoms with Crippen LogP contribution < -0.4 is 9.64 Å². The van der Waals surface area contributed by atoms with Crippen molar-refractivity contribution >= 4 is 16.9 Å². The van der Waals surface area contributed by atoms with Gasteiger partial charge in [0.25, 0.3) is 0 Å². The second-order valence-corrected chi connectivity index (χ2v) is 9.29. The van der Waals surface area contributed by atoms with Gasteiger partial charge in [-0.05, 0) is 54.3 Å². The molecule has 36 heavy (non-hydrogen) atoms. The standard InChI is InChI=1S/C30H29N5O/c1-3-26-25(15-21-7-5-4-6-8-21)30(32-19-31-26)35-13-14-36-29-12-10-22(16-24(29)18-35)23-9-11-27-28(17-23)34-20(2)33-27/h4-12,16-17,19H,3,13-15,18H2,1-2H3,(H,33,34). The number of benzene rings is 3. The third kappa shape index (κ3) is 4.31. The zero-order valence-corrected chi connectivity index (χ0v) is 20.7. The number of nitrogens with zero attached hydrogens (tertiary/aromatic N) is 4. The zero-order valence-electron chi connectivity index (χ0n) is 20.7. The molecule has 0 bridgehead atoms. The van der Waals surface area contributed by atoms with Crippen LogP contribution in [0.1, 0.15) is 35.1 Å². The molecule has 1 N–H and O–H groups in total. The molecule has 6 heteroatoms. The van der Waals surface area contributed by atoms with Gasteiger partial charge in [-0.15, -0.1) is 0 Å². The van der Waals surface area contributed by atoms with Crippen LogP contribution in [0.15, 0.2) is 73.1 Å². The summed E-state index contributed by atoms with van der Waals surface area (Å²) in [5.74, 6) is 2.87. The molecule has 0 unspecified atom stereocenters. The Bertz CT molecular complexity index is 1530. The van der Waals surface area contributed by atoms with Gasteiger partial charge in [-0.3, -0.25) is 0 Å². The number of hydrogen-bond donors (Lipinski definition) is 1. The fraction of sp³-hybridized carbons (Fsp3) is 0.233. The van der Waals surface area contributed by atoms with Crippen LogP contribution in [0.2, 0.25) is 0 Å². The first-order chi connectivity index (χ1) is 17.7. The Balaban J connectivity index is 1.36. The number of aromatic amines is 1. The smallest absolute Gasteiger partial charge is 0.136 e. The Morgan fingerprint density at radius 2 is 1.81 bits per heavy atom. The van der Waals surface area contributed by atoms with Crippen LogP contribution in [0, 0.1) is 6.92 Å². The number of imidazole rings is 1. The first kappa shape index (κ1) is 22.3. The predicted octanol–water partition coefficient (Wildman–Crippen LogP) is 5.88. The Kier molecular flexibility index (Phi) is 5.85. The number of anilines is 1. The quantitative estimate of drug-likeness (QED) is 0.344. The number of ether oxygens (including phenoxy) is 1. The van der Waals surface area contributed by atoms with Crippen molar-refractivity contribution in [2.75, 3.05) is 18.1 Å². The summed E-state index contributed by atoms with van der Waals surface area (Å²) in [5, 5.41) is 0. The van der Waals surface area contributed by atoms with Crippen molar-refractivity contribution in [1.82, 2.24) is 19.9 Å². The SMILES string of the molecule is CCc1ncnc(N2CCOc3ccc(-c4ccc5nc(C)[nH]c5c4)cc3C2)c1Cc1ccccc1. The molecule has 0 amide bonds. The number of aromatic nitrogens is 4. The summed E-state index contributed by atoms with van der Waals surface area (Å²) in [4.78, 5) is 19.6. The molecule has 180 valence electrons. The molecule has 0 saturated carbocycles. The molecule has 0 aliphatic carbocycles. The first-order valence-electron chi connectivity index (χ1n) is 12.5. The van der Waals surface area contributed by atoms with E-state index < -0.39 is 0 Å². The van der Waals surface area contributed by atoms with Gasteiger partial charge in [-0.1, -0.05) is 49.4 Å². The lowest BCUT2D eigenvalue weighted by Crippen LogP contribution is -2.28. The highest BCUT2D eigenvalue weighted by Gasteiger charge is 2.22. The number of aryl methyl sites for hydroxylation is 2. The Morgan fingerprint density at radius 1 is 0.972 bits per heavy atom. The Labute approximate surface area is 211 Å². The van der Waals surface area contributed by atoms with E-state index in [0.29, 0.717) is 6.61 Å². The summed E-state index contributed by atoms with van der Waals surface area (Å²) in [6.45, 7) is 6.26. The summed E-state index contributed by atoms with van der Waals surface area (Å²) in [6.07, 6.45) is 3.39. The third-order valence-corrected chi connectivity index (χ3v) is 6.84. The van der Waals surface area contributed by atoms with E-state index in [2.05, 4.69) is 93.5 Å². The average Bonchev–Trinajstić information content (AvgIpc) is 3.15. The van der Waals surface area contributed by atoms with Crippen molar-refractivity contribution in [2.24, 2.45) is 0 Å². The van der Waals surface area contributed by atoms with Crippen LogP contribution in [0.25, 0.3) is 22.2 Å². The maximum atomic E-state index is 6.18. The second-order valence-electron chi connectivity index (χ2n) is 9.29. The number of fused-ring (bicyclic) bond motifs is 2. The van der Waals surface area contributed by atoms with E-state index in [9.17, 15) is 0 Å². The molecule has 6 nitrogen and oxygen atoms in total. The molecule has 2 aromatic heterocycles. The van der Waals surface area contributed by atoms with Crippen LogP contribution in [-0.2, 0) is 19.4 Å². The van der Waals surface area contributed by atoms with E-state index in [1.54, 1.807) is 6.33 Å². The lowest BCUT2D eigenvalue weighted by Gasteiger charge is -2.25. The maximum absolute atomic E-state index is 6.18. The van der Waals surface area contributed by atoms with Gasteiger partial charge in [0, 0.05) is 29.8 Å². The summed E-state index contributed by atoms with van der Waals surface area (Å²) in [7, 11) is 0. The summed E-state index contributed by atoms with van der Waals surface area (Å²) < 4.78 is 6.18. The van der Waals surface area contributed by atoms with E-state index >= 15 is 0 Å². The molecule has 3 heterocycles. The molecule has 3 aromatic carbocycles. The molecular weight excluding hydrogens is 446 g/mol. The fourth-order valence-corrected chi connectivity index (χ4v) is 5.07. The zero-order chi connectivity index (χ0) is 24.5. The first-order valence-corrected chi connectivity index (χ1v) is 12.5. The van der Waals surface area contributed by atoms with E-state index in [0.717, 1.165) is 76.7 Å². The molecular formula is C30H29N5O. The second kappa shape index (κ2) is 9.46. The van der Waals surface area contributed by atoms with E-state index in [4.69, 9.17) is 9.72 Å². The highest BCUT2D eigenvalue weighted by atomic mass is 16.5. The van der Waals surface area contributed by atoms with Gasteiger partial charge in [-0.2, -0.15) is 0 Å². The largest absolute Gasteiger partial charge is 0.491 e. The van der Waals surface area contributed by atoms with Crippen LogP contribution in [0.3, 0.4) is 0 Å². The molecule has 0 radical (unpaired) electrons. The van der Waals surface area contributed by atoms with Crippen molar-refractivity contribution in [1.29, 1.82) is 0 Å². The van der Waals surface area contributed by atoms with Crippen LogP contribution in [0.4, 0.5) is 5.82 Å². The van der Waals surface area contributed by atoms with Crippen LogP contribution in [-0.4, -0.2) is 33.1 Å². The highest BCUT2D eigenvalue weighted by molar-refractivity contribution is 5.82. The molecule has 6 rings (SSSR count). The lowest BCUT2D eigenvalue weighted by atomic mass is 10.0. The molecule has 5 aromatic rings. The number of H-pyrrole nitrogens is 1. The lowest BCUT2D eigenvalue weighted by molar-refractivity contribution is 0.331. The molecule has 0 fully saturated rings. The normalized spacial score (nSPS) is 13.3.